The second-order valence-corrected chi connectivity index (χ2v) is 4.17. The van der Waals surface area contributed by atoms with E-state index in [0.717, 1.165) is 0 Å². The molecule has 6 nitrogen and oxygen atoms in total. The summed E-state index contributed by atoms with van der Waals surface area (Å²) in [5, 5.41) is 8.47. The lowest BCUT2D eigenvalue weighted by molar-refractivity contribution is -0.122. The lowest BCUT2D eigenvalue weighted by Crippen LogP contribution is -2.47. The molecule has 1 saturated heterocycles. The van der Waals surface area contributed by atoms with E-state index in [9.17, 15) is 9.59 Å². The van der Waals surface area contributed by atoms with Crippen molar-refractivity contribution in [3.63, 3.8) is 0 Å². The molecule has 0 spiro atoms. The minimum absolute atomic E-state index is 0.0183. The highest BCUT2D eigenvalue weighted by molar-refractivity contribution is 5.93. The minimum Gasteiger partial charge on any atom is -0.373 e. The van der Waals surface area contributed by atoms with E-state index in [-0.39, 0.29) is 17.9 Å². The number of pyridine rings is 1. The third kappa shape index (κ3) is 2.97. The SMILES string of the molecule is CNc1cccc(C(=O)NC2CCC(=O)NC2)n1. The largest absolute Gasteiger partial charge is 0.373 e. The topological polar surface area (TPSA) is 83.1 Å². The van der Waals surface area contributed by atoms with Crippen LogP contribution in [-0.4, -0.2) is 36.4 Å². The molecule has 0 radical (unpaired) electrons. The van der Waals surface area contributed by atoms with Gasteiger partial charge in [0.05, 0.1) is 0 Å². The van der Waals surface area contributed by atoms with E-state index in [4.69, 9.17) is 0 Å². The first kappa shape index (κ1) is 12.3. The Morgan fingerprint density at radius 3 is 3.00 bits per heavy atom. The predicted molar refractivity (Wildman–Crippen MR) is 67.3 cm³/mol. The molecule has 18 heavy (non-hydrogen) atoms. The zero-order valence-electron chi connectivity index (χ0n) is 10.2. The molecule has 3 N–H and O–H groups in total. The summed E-state index contributed by atoms with van der Waals surface area (Å²) >= 11 is 0. The molecule has 1 fully saturated rings. The Kier molecular flexibility index (Phi) is 3.76. The van der Waals surface area contributed by atoms with Crippen LogP contribution in [0, 0.1) is 0 Å². The molecule has 2 heterocycles. The molecule has 1 aliphatic rings. The fourth-order valence-electron chi connectivity index (χ4n) is 1.82. The number of amides is 2. The summed E-state index contributed by atoms with van der Waals surface area (Å²) in [5.41, 5.74) is 0.374. The molecule has 0 aliphatic carbocycles. The van der Waals surface area contributed by atoms with Crippen molar-refractivity contribution in [2.75, 3.05) is 18.9 Å². The number of nitrogens with zero attached hydrogens (tertiary/aromatic N) is 1. The molecule has 0 saturated carbocycles. The summed E-state index contributed by atoms with van der Waals surface area (Å²) < 4.78 is 0. The first-order valence-corrected chi connectivity index (χ1v) is 5.91. The maximum absolute atomic E-state index is 11.9. The van der Waals surface area contributed by atoms with Gasteiger partial charge in [-0.2, -0.15) is 0 Å². The van der Waals surface area contributed by atoms with Crippen LogP contribution in [0.2, 0.25) is 0 Å². The van der Waals surface area contributed by atoms with Gasteiger partial charge in [0.1, 0.15) is 11.5 Å². The first-order valence-electron chi connectivity index (χ1n) is 5.91. The number of piperidine rings is 1. The number of hydrogen-bond acceptors (Lipinski definition) is 4. The predicted octanol–water partition coefficient (Wildman–Crippen LogP) is 0.132. The van der Waals surface area contributed by atoms with Gasteiger partial charge in [0.15, 0.2) is 0 Å². The zero-order chi connectivity index (χ0) is 13.0. The molecular formula is C12H16N4O2. The number of carbonyl (C=O) groups excluding carboxylic acids is 2. The molecule has 1 aromatic rings. The van der Waals surface area contributed by atoms with Gasteiger partial charge in [0, 0.05) is 26.1 Å². The van der Waals surface area contributed by atoms with E-state index in [1.165, 1.54) is 0 Å². The van der Waals surface area contributed by atoms with Crippen LogP contribution in [0.5, 0.6) is 0 Å². The normalized spacial score (nSPS) is 18.9. The van der Waals surface area contributed by atoms with E-state index >= 15 is 0 Å². The number of rotatable bonds is 3. The van der Waals surface area contributed by atoms with Crippen molar-refractivity contribution < 1.29 is 9.59 Å². The van der Waals surface area contributed by atoms with Crippen LogP contribution in [0.15, 0.2) is 18.2 Å². The quantitative estimate of drug-likeness (QED) is 0.710. The second-order valence-electron chi connectivity index (χ2n) is 4.17. The summed E-state index contributed by atoms with van der Waals surface area (Å²) in [5.74, 6) is 0.476. The zero-order valence-corrected chi connectivity index (χ0v) is 10.2. The van der Waals surface area contributed by atoms with Gasteiger partial charge in [-0.3, -0.25) is 9.59 Å². The fraction of sp³-hybridized carbons (Fsp3) is 0.417. The van der Waals surface area contributed by atoms with Crippen LogP contribution < -0.4 is 16.0 Å². The summed E-state index contributed by atoms with van der Waals surface area (Å²) in [6, 6.07) is 5.21. The summed E-state index contributed by atoms with van der Waals surface area (Å²) in [6.45, 7) is 0.482. The van der Waals surface area contributed by atoms with Gasteiger partial charge >= 0.3 is 0 Å². The Balaban J connectivity index is 1.96. The van der Waals surface area contributed by atoms with E-state index < -0.39 is 0 Å². The van der Waals surface area contributed by atoms with E-state index in [1.54, 1.807) is 25.2 Å². The number of carbonyl (C=O) groups is 2. The van der Waals surface area contributed by atoms with Crippen LogP contribution in [0.25, 0.3) is 0 Å². The Labute approximate surface area is 105 Å². The molecular weight excluding hydrogens is 232 g/mol. The van der Waals surface area contributed by atoms with E-state index in [1.807, 2.05) is 0 Å². The molecule has 1 unspecified atom stereocenters. The van der Waals surface area contributed by atoms with Gasteiger partial charge in [-0.15, -0.1) is 0 Å². The van der Waals surface area contributed by atoms with Crippen LogP contribution >= 0.6 is 0 Å². The van der Waals surface area contributed by atoms with Gasteiger partial charge < -0.3 is 16.0 Å². The molecule has 1 aliphatic heterocycles. The highest BCUT2D eigenvalue weighted by Gasteiger charge is 2.20. The van der Waals surface area contributed by atoms with Crippen molar-refractivity contribution in [2.24, 2.45) is 0 Å². The Bertz CT molecular complexity index is 451. The third-order valence-corrected chi connectivity index (χ3v) is 2.84. The number of anilines is 1. The highest BCUT2D eigenvalue weighted by Crippen LogP contribution is 2.06. The highest BCUT2D eigenvalue weighted by atomic mass is 16.2. The lowest BCUT2D eigenvalue weighted by Gasteiger charge is -2.23. The number of aromatic nitrogens is 1. The monoisotopic (exact) mass is 248 g/mol. The molecule has 0 aromatic carbocycles. The maximum Gasteiger partial charge on any atom is 0.270 e. The first-order chi connectivity index (χ1) is 8.69. The van der Waals surface area contributed by atoms with Gasteiger partial charge in [-0.05, 0) is 18.6 Å². The molecule has 0 bridgehead atoms. The molecule has 1 aromatic heterocycles. The second kappa shape index (κ2) is 5.48. The minimum atomic E-state index is -0.215. The average molecular weight is 248 g/mol. The van der Waals surface area contributed by atoms with Crippen molar-refractivity contribution in [3.8, 4) is 0 Å². The van der Waals surface area contributed by atoms with Crippen molar-refractivity contribution in [1.29, 1.82) is 0 Å². The smallest absolute Gasteiger partial charge is 0.270 e. The molecule has 6 heteroatoms. The molecule has 2 amide bonds. The Morgan fingerprint density at radius 1 is 1.50 bits per heavy atom. The Hall–Kier alpha value is -2.11. The number of nitrogens with one attached hydrogen (secondary N) is 3. The summed E-state index contributed by atoms with van der Waals surface area (Å²) in [4.78, 5) is 27.1. The van der Waals surface area contributed by atoms with Gasteiger partial charge in [-0.25, -0.2) is 4.98 Å². The van der Waals surface area contributed by atoms with Crippen molar-refractivity contribution in [1.82, 2.24) is 15.6 Å². The molecule has 96 valence electrons. The summed E-state index contributed by atoms with van der Waals surface area (Å²) in [7, 11) is 1.75. The van der Waals surface area contributed by atoms with Crippen molar-refractivity contribution >= 4 is 17.6 Å². The van der Waals surface area contributed by atoms with Gasteiger partial charge in [0.25, 0.3) is 5.91 Å². The molecule has 1 atom stereocenters. The fourth-order valence-corrected chi connectivity index (χ4v) is 1.82. The van der Waals surface area contributed by atoms with E-state index in [2.05, 4.69) is 20.9 Å². The van der Waals surface area contributed by atoms with Crippen LogP contribution in [0.3, 0.4) is 0 Å². The van der Waals surface area contributed by atoms with E-state index in [0.29, 0.717) is 30.9 Å². The lowest BCUT2D eigenvalue weighted by atomic mass is 10.1. The maximum atomic E-state index is 11.9. The van der Waals surface area contributed by atoms with Gasteiger partial charge in [0.2, 0.25) is 5.91 Å². The number of hydrogen-bond donors (Lipinski definition) is 3. The standard InChI is InChI=1S/C12H16N4O2/c1-13-10-4-2-3-9(16-10)12(18)15-8-5-6-11(17)14-7-8/h2-4,8H,5-7H2,1H3,(H,13,16)(H,14,17)(H,15,18). The average Bonchev–Trinajstić information content (AvgIpc) is 2.41. The van der Waals surface area contributed by atoms with Crippen molar-refractivity contribution in [2.45, 2.75) is 18.9 Å². The summed E-state index contributed by atoms with van der Waals surface area (Å²) in [6.07, 6.45) is 1.12. The molecule has 2 rings (SSSR count). The Morgan fingerprint density at radius 2 is 2.33 bits per heavy atom. The third-order valence-electron chi connectivity index (χ3n) is 2.84. The van der Waals surface area contributed by atoms with Crippen LogP contribution in [0.1, 0.15) is 23.3 Å². The van der Waals surface area contributed by atoms with Gasteiger partial charge in [-0.1, -0.05) is 6.07 Å². The van der Waals surface area contributed by atoms with Crippen LogP contribution in [0.4, 0.5) is 5.82 Å². The van der Waals surface area contributed by atoms with Crippen LogP contribution in [-0.2, 0) is 4.79 Å². The van der Waals surface area contributed by atoms with Crippen molar-refractivity contribution in [3.05, 3.63) is 23.9 Å².